The highest BCUT2D eigenvalue weighted by Crippen LogP contribution is 2.34. The molecule has 1 aliphatic heterocycles. The van der Waals surface area contributed by atoms with Gasteiger partial charge >= 0.3 is 0 Å². The van der Waals surface area contributed by atoms with Crippen LogP contribution in [-0.2, 0) is 14.8 Å². The molecule has 0 aromatic heterocycles. The van der Waals surface area contributed by atoms with E-state index in [-0.39, 0.29) is 48.7 Å². The van der Waals surface area contributed by atoms with Gasteiger partial charge in [-0.2, -0.15) is 4.31 Å². The minimum absolute atomic E-state index is 0.0206. The molecule has 9 heteroatoms. The third kappa shape index (κ3) is 6.65. The number of aliphatic hydroxyl groups excluding tert-OH is 1. The maximum atomic E-state index is 13.6. The number of nitrogens with zero attached hydrogens (tertiary/aromatic N) is 3. The molecule has 8 nitrogen and oxygen atoms in total. The van der Waals surface area contributed by atoms with Crippen LogP contribution in [-0.4, -0.2) is 93.1 Å². The number of benzene rings is 2. The van der Waals surface area contributed by atoms with Gasteiger partial charge in [0.2, 0.25) is 15.9 Å². The molecule has 0 unspecified atom stereocenters. The van der Waals surface area contributed by atoms with Crippen molar-refractivity contribution < 1.29 is 23.1 Å². The Morgan fingerprint density at radius 3 is 2.44 bits per heavy atom. The number of hydrogen-bond acceptors (Lipinski definition) is 6. The van der Waals surface area contributed by atoms with E-state index in [0.29, 0.717) is 5.56 Å². The van der Waals surface area contributed by atoms with Crippen molar-refractivity contribution in [1.82, 2.24) is 14.1 Å². The van der Waals surface area contributed by atoms with Gasteiger partial charge in [0.15, 0.2) is 0 Å². The van der Waals surface area contributed by atoms with Gasteiger partial charge in [0.1, 0.15) is 16.7 Å². The van der Waals surface area contributed by atoms with E-state index < -0.39 is 22.2 Å². The Hall–Kier alpha value is -2.90. The second-order valence-corrected chi connectivity index (χ2v) is 11.4. The predicted molar refractivity (Wildman–Crippen MR) is 139 cm³/mol. The van der Waals surface area contributed by atoms with E-state index >= 15 is 0 Å². The van der Waals surface area contributed by atoms with Crippen LogP contribution in [0.25, 0.3) is 0 Å². The Kier molecular flexibility index (Phi) is 9.14. The van der Waals surface area contributed by atoms with E-state index in [0.717, 1.165) is 5.56 Å². The van der Waals surface area contributed by atoms with Crippen LogP contribution in [0.3, 0.4) is 0 Å². The van der Waals surface area contributed by atoms with Crippen molar-refractivity contribution in [2.45, 2.75) is 30.9 Å². The molecule has 2 aromatic carbocycles. The maximum absolute atomic E-state index is 13.6. The third-order valence-corrected chi connectivity index (χ3v) is 8.14. The van der Waals surface area contributed by atoms with Crippen LogP contribution in [0.2, 0.25) is 0 Å². The van der Waals surface area contributed by atoms with Gasteiger partial charge in [0, 0.05) is 36.7 Å². The lowest BCUT2D eigenvalue weighted by Gasteiger charge is -2.37. The molecule has 1 heterocycles. The average molecular weight is 514 g/mol. The summed E-state index contributed by atoms with van der Waals surface area (Å²) in [6, 6.07) is 13.7. The monoisotopic (exact) mass is 513 g/mol. The summed E-state index contributed by atoms with van der Waals surface area (Å²) in [5.41, 5.74) is 1.45. The molecule has 3 rings (SSSR count). The molecule has 2 aromatic rings. The van der Waals surface area contributed by atoms with Crippen molar-refractivity contribution in [2.24, 2.45) is 5.92 Å². The smallest absolute Gasteiger partial charge is 0.247 e. The quantitative estimate of drug-likeness (QED) is 0.594. The molecule has 0 radical (unpaired) electrons. The van der Waals surface area contributed by atoms with Gasteiger partial charge in [0.05, 0.1) is 19.7 Å². The number of sulfonamides is 1. The summed E-state index contributed by atoms with van der Waals surface area (Å²) in [6.07, 6.45) is -0.471. The number of hydrogen-bond donors (Lipinski definition) is 1. The molecule has 194 valence electrons. The summed E-state index contributed by atoms with van der Waals surface area (Å²) in [7, 11) is 1.43. The number of ether oxygens (including phenoxy) is 1. The fourth-order valence-corrected chi connectivity index (χ4v) is 5.78. The largest absolute Gasteiger partial charge is 0.487 e. The number of carbonyl (C=O) groups excluding carboxylic acids is 1. The summed E-state index contributed by atoms with van der Waals surface area (Å²) in [4.78, 5) is 16.0. The lowest BCUT2D eigenvalue weighted by molar-refractivity contribution is -0.132. The van der Waals surface area contributed by atoms with Crippen molar-refractivity contribution in [3.05, 3.63) is 59.7 Å². The molecule has 1 N–H and O–H groups in total. The topological polar surface area (TPSA) is 90.4 Å². The van der Waals surface area contributed by atoms with Crippen LogP contribution in [0.1, 0.15) is 25.0 Å². The van der Waals surface area contributed by atoms with Crippen LogP contribution in [0.15, 0.2) is 53.4 Å². The fourth-order valence-electron chi connectivity index (χ4n) is 3.95. The van der Waals surface area contributed by atoms with Crippen molar-refractivity contribution in [3.8, 4) is 17.6 Å². The van der Waals surface area contributed by atoms with Gasteiger partial charge in [-0.1, -0.05) is 37.0 Å². The minimum atomic E-state index is -3.94. The van der Waals surface area contributed by atoms with Crippen molar-refractivity contribution in [2.75, 3.05) is 47.4 Å². The Bertz CT molecular complexity index is 1220. The molecule has 0 saturated heterocycles. The molecule has 0 spiro atoms. The Morgan fingerprint density at radius 2 is 1.81 bits per heavy atom. The van der Waals surface area contributed by atoms with Crippen LogP contribution in [0, 0.1) is 17.8 Å². The van der Waals surface area contributed by atoms with E-state index in [1.165, 1.54) is 10.4 Å². The molecule has 0 aliphatic carbocycles. The molecule has 1 amide bonds. The van der Waals surface area contributed by atoms with E-state index in [1.807, 2.05) is 51.4 Å². The zero-order valence-corrected chi connectivity index (χ0v) is 22.3. The first-order valence-corrected chi connectivity index (χ1v) is 13.4. The summed E-state index contributed by atoms with van der Waals surface area (Å²) >= 11 is 0. The van der Waals surface area contributed by atoms with Crippen molar-refractivity contribution in [3.63, 3.8) is 0 Å². The Balaban J connectivity index is 2.03. The molecule has 0 bridgehead atoms. The Labute approximate surface area is 214 Å². The molecule has 3 atom stereocenters. The molecule has 0 saturated carbocycles. The average Bonchev–Trinajstić information content (AvgIpc) is 2.84. The SMILES string of the molecule is C[C@@H]1CN([C@@H](C)CO)S(=O)(=O)c2ccc(C#Cc3ccccc3)cc2O[C@H]1CN(C)C(=O)CN(C)C. The van der Waals surface area contributed by atoms with E-state index in [9.17, 15) is 18.3 Å². The number of amides is 1. The molecule has 0 fully saturated rings. The van der Waals surface area contributed by atoms with Gasteiger partial charge in [-0.3, -0.25) is 4.79 Å². The molecular formula is C27H35N3O5S. The van der Waals surface area contributed by atoms with Gasteiger partial charge in [0.25, 0.3) is 0 Å². The van der Waals surface area contributed by atoms with Gasteiger partial charge < -0.3 is 19.6 Å². The highest BCUT2D eigenvalue weighted by molar-refractivity contribution is 7.89. The standard InChI is InChI=1S/C27H35N3O5S/c1-20-16-30(21(2)19-31)36(33,34)26-14-13-23(12-11-22-9-7-6-8-10-22)15-24(26)35-25(20)17-29(5)27(32)18-28(3)4/h6-10,13-15,20-21,25,31H,16-19H2,1-5H3/t20-,21+,25+/m1/s1. The molecule has 1 aliphatic rings. The summed E-state index contributed by atoms with van der Waals surface area (Å²) < 4.78 is 34.8. The zero-order chi connectivity index (χ0) is 26.5. The number of carbonyl (C=O) groups is 1. The molecular weight excluding hydrogens is 478 g/mol. The lowest BCUT2D eigenvalue weighted by atomic mass is 10.0. The second kappa shape index (κ2) is 11.9. The first kappa shape index (κ1) is 27.7. The van der Waals surface area contributed by atoms with Crippen LogP contribution in [0.5, 0.6) is 5.75 Å². The summed E-state index contributed by atoms with van der Waals surface area (Å²) in [6.45, 7) is 3.96. The van der Waals surface area contributed by atoms with Crippen LogP contribution < -0.4 is 4.74 Å². The minimum Gasteiger partial charge on any atom is -0.487 e. The number of rotatable bonds is 6. The van der Waals surface area contributed by atoms with Gasteiger partial charge in [-0.15, -0.1) is 0 Å². The van der Waals surface area contributed by atoms with Crippen LogP contribution >= 0.6 is 0 Å². The zero-order valence-electron chi connectivity index (χ0n) is 21.5. The van der Waals surface area contributed by atoms with E-state index in [4.69, 9.17) is 4.74 Å². The predicted octanol–water partition coefficient (Wildman–Crippen LogP) is 1.88. The van der Waals surface area contributed by atoms with Gasteiger partial charge in [-0.05, 0) is 51.4 Å². The number of likely N-dealkylation sites (N-methyl/N-ethyl adjacent to an activating group) is 2. The molecule has 36 heavy (non-hydrogen) atoms. The van der Waals surface area contributed by atoms with Crippen LogP contribution in [0.4, 0.5) is 0 Å². The van der Waals surface area contributed by atoms with E-state index in [1.54, 1.807) is 35.9 Å². The number of aliphatic hydroxyl groups is 1. The van der Waals surface area contributed by atoms with Gasteiger partial charge in [-0.25, -0.2) is 8.42 Å². The van der Waals surface area contributed by atoms with Crippen molar-refractivity contribution in [1.29, 1.82) is 0 Å². The Morgan fingerprint density at radius 1 is 1.14 bits per heavy atom. The highest BCUT2D eigenvalue weighted by Gasteiger charge is 2.38. The fraction of sp³-hybridized carbons (Fsp3) is 0.444. The summed E-state index contributed by atoms with van der Waals surface area (Å²) in [5.74, 6) is 6.03. The highest BCUT2D eigenvalue weighted by atomic mass is 32.2. The second-order valence-electron chi connectivity index (χ2n) is 9.53. The maximum Gasteiger partial charge on any atom is 0.247 e. The van der Waals surface area contributed by atoms with Crippen molar-refractivity contribution >= 4 is 15.9 Å². The lowest BCUT2D eigenvalue weighted by Crippen LogP contribution is -2.50. The normalized spacial score (nSPS) is 20.2. The third-order valence-electron chi connectivity index (χ3n) is 6.12. The number of fused-ring (bicyclic) bond motifs is 1. The van der Waals surface area contributed by atoms with E-state index in [2.05, 4.69) is 11.8 Å². The first-order chi connectivity index (χ1) is 17.0. The first-order valence-electron chi connectivity index (χ1n) is 11.9. The summed E-state index contributed by atoms with van der Waals surface area (Å²) in [5, 5.41) is 9.79.